The first kappa shape index (κ1) is 19.2. The summed E-state index contributed by atoms with van der Waals surface area (Å²) in [6.45, 7) is 2.19. The highest BCUT2D eigenvalue weighted by Gasteiger charge is 2.42. The van der Waals surface area contributed by atoms with E-state index in [2.05, 4.69) is 13.0 Å². The van der Waals surface area contributed by atoms with Gasteiger partial charge in [-0.15, -0.1) is 0 Å². The number of rotatable bonds is 14. The molecule has 0 aromatic carbocycles. The van der Waals surface area contributed by atoms with E-state index in [0.717, 1.165) is 38.5 Å². The predicted octanol–water partition coefficient (Wildman–Crippen LogP) is 2.73. The van der Waals surface area contributed by atoms with Gasteiger partial charge >= 0.3 is 0 Å². The molecule has 4 nitrogen and oxygen atoms in total. The van der Waals surface area contributed by atoms with Crippen LogP contribution in [-0.4, -0.2) is 29.4 Å². The Labute approximate surface area is 134 Å². The van der Waals surface area contributed by atoms with Gasteiger partial charge < -0.3 is 19.7 Å². The highest BCUT2D eigenvalue weighted by molar-refractivity contribution is 5.63. The lowest BCUT2D eigenvalue weighted by Crippen LogP contribution is -2.21. The molecule has 128 valence electrons. The number of aliphatic hydroxyl groups is 1. The standard InChI is InChI=1S/C18H32O4/c1-2-3-4-6-9-12-15(19)18-16(22-18)13-10-7-5-8-11-14-17(20)21/h9,12,15-16,18-19H,2-8,10-11,13-14H2,1H3,(H,20,21)/p-1/b12-9-/t15-,16-,18-/m0/s1. The zero-order valence-electron chi connectivity index (χ0n) is 13.8. The number of hydrogen-bond donors (Lipinski definition) is 1. The molecular formula is C18H31O4-. The number of hydrogen-bond acceptors (Lipinski definition) is 4. The lowest BCUT2D eigenvalue weighted by Gasteiger charge is -2.03. The second-order valence-corrected chi connectivity index (χ2v) is 6.23. The summed E-state index contributed by atoms with van der Waals surface area (Å²) in [5.41, 5.74) is 0. The Morgan fingerprint density at radius 3 is 2.64 bits per heavy atom. The molecule has 4 heteroatoms. The zero-order valence-corrected chi connectivity index (χ0v) is 13.8. The molecule has 1 fully saturated rings. The molecule has 3 atom stereocenters. The minimum Gasteiger partial charge on any atom is -0.550 e. The molecule has 0 bridgehead atoms. The van der Waals surface area contributed by atoms with E-state index in [4.69, 9.17) is 4.74 Å². The topological polar surface area (TPSA) is 72.9 Å². The number of carbonyl (C=O) groups excluding carboxylic acids is 1. The van der Waals surface area contributed by atoms with Crippen molar-refractivity contribution in [2.75, 3.05) is 0 Å². The van der Waals surface area contributed by atoms with Gasteiger partial charge in [-0.3, -0.25) is 0 Å². The average molecular weight is 311 g/mol. The second-order valence-electron chi connectivity index (χ2n) is 6.23. The van der Waals surface area contributed by atoms with Crippen LogP contribution in [-0.2, 0) is 9.53 Å². The fraction of sp³-hybridized carbons (Fsp3) is 0.833. The molecule has 1 aliphatic heterocycles. The minimum absolute atomic E-state index is 0.0134. The number of allylic oxidation sites excluding steroid dienone is 1. The summed E-state index contributed by atoms with van der Waals surface area (Å²) in [6.07, 6.45) is 14.4. The third-order valence-corrected chi connectivity index (χ3v) is 4.14. The van der Waals surface area contributed by atoms with Crippen molar-refractivity contribution in [2.24, 2.45) is 0 Å². The summed E-state index contributed by atoms with van der Waals surface area (Å²) in [7, 11) is 0. The third kappa shape index (κ3) is 9.21. The molecular weight excluding hydrogens is 280 g/mol. The summed E-state index contributed by atoms with van der Waals surface area (Å²) in [5.74, 6) is -0.953. The molecule has 1 heterocycles. The van der Waals surface area contributed by atoms with Crippen LogP contribution in [0.1, 0.15) is 77.6 Å². The summed E-state index contributed by atoms with van der Waals surface area (Å²) in [5, 5.41) is 20.2. The maximum atomic E-state index is 10.3. The van der Waals surface area contributed by atoms with Crippen LogP contribution in [0.3, 0.4) is 0 Å². The van der Waals surface area contributed by atoms with Crippen molar-refractivity contribution in [3.05, 3.63) is 12.2 Å². The fourth-order valence-corrected chi connectivity index (χ4v) is 2.69. The molecule has 22 heavy (non-hydrogen) atoms. The van der Waals surface area contributed by atoms with Gasteiger partial charge in [-0.1, -0.05) is 57.6 Å². The van der Waals surface area contributed by atoms with Gasteiger partial charge in [0.05, 0.1) is 6.10 Å². The van der Waals surface area contributed by atoms with E-state index in [9.17, 15) is 15.0 Å². The third-order valence-electron chi connectivity index (χ3n) is 4.14. The van der Waals surface area contributed by atoms with Crippen LogP contribution < -0.4 is 5.11 Å². The predicted molar refractivity (Wildman–Crippen MR) is 85.3 cm³/mol. The minimum atomic E-state index is -0.953. The molecule has 0 spiro atoms. The van der Waals surface area contributed by atoms with E-state index < -0.39 is 12.1 Å². The van der Waals surface area contributed by atoms with Crippen molar-refractivity contribution in [2.45, 2.75) is 95.9 Å². The van der Waals surface area contributed by atoms with Crippen molar-refractivity contribution >= 4 is 5.97 Å². The lowest BCUT2D eigenvalue weighted by molar-refractivity contribution is -0.305. The van der Waals surface area contributed by atoms with E-state index >= 15 is 0 Å². The first-order valence-corrected chi connectivity index (χ1v) is 8.85. The molecule has 1 rings (SSSR count). The number of ether oxygens (including phenoxy) is 1. The van der Waals surface area contributed by atoms with Crippen LogP contribution in [0.2, 0.25) is 0 Å². The molecule has 0 unspecified atom stereocenters. The van der Waals surface area contributed by atoms with Crippen molar-refractivity contribution in [3.63, 3.8) is 0 Å². The smallest absolute Gasteiger partial charge is 0.114 e. The monoisotopic (exact) mass is 311 g/mol. The summed E-state index contributed by atoms with van der Waals surface area (Å²) >= 11 is 0. The number of carbonyl (C=O) groups is 1. The van der Waals surface area contributed by atoms with Crippen LogP contribution >= 0.6 is 0 Å². The van der Waals surface area contributed by atoms with Crippen LogP contribution in [0.25, 0.3) is 0 Å². The molecule has 1 aliphatic rings. The highest BCUT2D eigenvalue weighted by Crippen LogP contribution is 2.31. The Balaban J connectivity index is 1.93. The Hall–Kier alpha value is -0.870. The zero-order chi connectivity index (χ0) is 16.2. The van der Waals surface area contributed by atoms with Crippen molar-refractivity contribution in [3.8, 4) is 0 Å². The molecule has 0 aliphatic carbocycles. The Morgan fingerprint density at radius 1 is 1.18 bits per heavy atom. The van der Waals surface area contributed by atoms with Crippen LogP contribution in [0, 0.1) is 0 Å². The first-order valence-electron chi connectivity index (χ1n) is 8.85. The van der Waals surface area contributed by atoms with Gasteiger partial charge in [0.15, 0.2) is 0 Å². The van der Waals surface area contributed by atoms with Crippen molar-refractivity contribution in [1.29, 1.82) is 0 Å². The number of unbranched alkanes of at least 4 members (excludes halogenated alkanes) is 7. The van der Waals surface area contributed by atoms with Gasteiger partial charge in [0, 0.05) is 5.97 Å². The van der Waals surface area contributed by atoms with Gasteiger partial charge in [0.25, 0.3) is 0 Å². The van der Waals surface area contributed by atoms with E-state index in [1.54, 1.807) is 0 Å². The van der Waals surface area contributed by atoms with Gasteiger partial charge in [-0.25, -0.2) is 0 Å². The van der Waals surface area contributed by atoms with Gasteiger partial charge in [0.2, 0.25) is 0 Å². The number of epoxide rings is 1. The fourth-order valence-electron chi connectivity index (χ4n) is 2.69. The van der Waals surface area contributed by atoms with Crippen LogP contribution in [0.15, 0.2) is 12.2 Å². The maximum Gasteiger partial charge on any atom is 0.114 e. The molecule has 1 N–H and O–H groups in total. The van der Waals surface area contributed by atoms with Gasteiger partial charge in [-0.2, -0.15) is 0 Å². The lowest BCUT2D eigenvalue weighted by atomic mass is 10.0. The van der Waals surface area contributed by atoms with E-state index in [1.165, 1.54) is 19.3 Å². The number of aliphatic hydroxyl groups excluding tert-OH is 1. The Morgan fingerprint density at radius 2 is 1.91 bits per heavy atom. The molecule has 0 aromatic rings. The largest absolute Gasteiger partial charge is 0.550 e. The van der Waals surface area contributed by atoms with E-state index in [1.807, 2.05) is 6.08 Å². The number of carboxylic acids is 1. The molecule has 0 saturated carbocycles. The second kappa shape index (κ2) is 11.7. The number of carboxylic acid groups (broad SMARTS) is 1. The Bertz CT molecular complexity index is 327. The van der Waals surface area contributed by atoms with Crippen LogP contribution in [0.5, 0.6) is 0 Å². The first-order chi connectivity index (χ1) is 10.6. The van der Waals surface area contributed by atoms with Crippen molar-refractivity contribution < 1.29 is 19.7 Å². The molecule has 0 radical (unpaired) electrons. The van der Waals surface area contributed by atoms with Crippen LogP contribution in [0.4, 0.5) is 0 Å². The quantitative estimate of drug-likeness (QED) is 0.304. The number of aliphatic carboxylic acids is 1. The normalized spacial score (nSPS) is 22.1. The maximum absolute atomic E-state index is 10.3. The molecule has 0 amide bonds. The Kier molecular flexibility index (Phi) is 10.2. The van der Waals surface area contributed by atoms with E-state index in [0.29, 0.717) is 6.42 Å². The SMILES string of the molecule is CCCCC/C=C\[C@H](O)[C@@H]1O[C@H]1CCCCCCCC(=O)[O-]. The van der Waals surface area contributed by atoms with E-state index in [-0.39, 0.29) is 18.6 Å². The average Bonchev–Trinajstić information content (AvgIpc) is 3.25. The van der Waals surface area contributed by atoms with Crippen molar-refractivity contribution in [1.82, 2.24) is 0 Å². The molecule has 0 aromatic heterocycles. The summed E-state index contributed by atoms with van der Waals surface area (Å²) in [6, 6.07) is 0. The highest BCUT2D eigenvalue weighted by atomic mass is 16.6. The summed E-state index contributed by atoms with van der Waals surface area (Å²) in [4.78, 5) is 10.3. The van der Waals surface area contributed by atoms with Gasteiger partial charge in [0.1, 0.15) is 12.2 Å². The molecule has 1 saturated heterocycles. The summed E-state index contributed by atoms with van der Waals surface area (Å²) < 4.78 is 5.53. The van der Waals surface area contributed by atoms with Gasteiger partial charge in [-0.05, 0) is 32.1 Å².